The van der Waals surface area contributed by atoms with Crippen molar-refractivity contribution in [3.63, 3.8) is 0 Å². The van der Waals surface area contributed by atoms with E-state index in [0.29, 0.717) is 12.8 Å². The van der Waals surface area contributed by atoms with Gasteiger partial charge in [-0.2, -0.15) is 0 Å². The number of aromatic nitrogens is 2. The summed E-state index contributed by atoms with van der Waals surface area (Å²) in [5.41, 5.74) is 0.731. The predicted molar refractivity (Wildman–Crippen MR) is 67.2 cm³/mol. The van der Waals surface area contributed by atoms with Crippen molar-refractivity contribution in [2.24, 2.45) is 5.92 Å². The summed E-state index contributed by atoms with van der Waals surface area (Å²) in [7, 11) is 0. The van der Waals surface area contributed by atoms with E-state index in [1.807, 2.05) is 6.08 Å². The van der Waals surface area contributed by atoms with Gasteiger partial charge in [-0.05, 0) is 18.4 Å². The molecule has 2 N–H and O–H groups in total. The van der Waals surface area contributed by atoms with Crippen molar-refractivity contribution in [2.75, 3.05) is 0 Å². The molecule has 1 amide bonds. The van der Waals surface area contributed by atoms with Crippen LogP contribution in [0.25, 0.3) is 0 Å². The molecule has 1 aromatic rings. The predicted octanol–water partition coefficient (Wildman–Crippen LogP) is 0.555. The number of hydrogen-bond acceptors (Lipinski definition) is 4. The minimum Gasteiger partial charge on any atom is -0.481 e. The van der Waals surface area contributed by atoms with E-state index in [9.17, 15) is 9.59 Å². The summed E-state index contributed by atoms with van der Waals surface area (Å²) >= 11 is 0. The van der Waals surface area contributed by atoms with Gasteiger partial charge in [-0.15, -0.1) is 0 Å². The lowest BCUT2D eigenvalue weighted by atomic mass is 9.91. The van der Waals surface area contributed by atoms with Crippen LogP contribution >= 0.6 is 0 Å². The summed E-state index contributed by atoms with van der Waals surface area (Å²) in [5, 5.41) is 11.8. The largest absolute Gasteiger partial charge is 0.481 e. The third-order valence-electron chi connectivity index (χ3n) is 3.00. The Morgan fingerprint density at radius 1 is 1.37 bits per heavy atom. The minimum absolute atomic E-state index is 0.157. The molecule has 0 bridgehead atoms. The molecule has 0 radical (unpaired) electrons. The van der Waals surface area contributed by atoms with E-state index in [1.165, 1.54) is 6.33 Å². The van der Waals surface area contributed by atoms with Gasteiger partial charge in [0.2, 0.25) is 5.91 Å². The van der Waals surface area contributed by atoms with Crippen molar-refractivity contribution < 1.29 is 14.7 Å². The van der Waals surface area contributed by atoms with Crippen LogP contribution < -0.4 is 5.32 Å². The number of carbonyl (C=O) groups excluding carboxylic acids is 1. The highest BCUT2D eigenvalue weighted by Crippen LogP contribution is 2.18. The van der Waals surface area contributed by atoms with Crippen LogP contribution in [0, 0.1) is 5.92 Å². The number of carbonyl (C=O) groups is 2. The highest BCUT2D eigenvalue weighted by atomic mass is 16.4. The number of amides is 1. The second kappa shape index (κ2) is 6.08. The molecule has 2 rings (SSSR count). The molecule has 0 saturated carbocycles. The highest BCUT2D eigenvalue weighted by Gasteiger charge is 2.24. The first-order valence-electron chi connectivity index (χ1n) is 6.08. The van der Waals surface area contributed by atoms with E-state index >= 15 is 0 Å². The number of nitrogens with zero attached hydrogens (tertiary/aromatic N) is 2. The van der Waals surface area contributed by atoms with Gasteiger partial charge in [0.15, 0.2) is 0 Å². The Hall–Kier alpha value is -2.24. The number of allylic oxidation sites excluding steroid dienone is 1. The van der Waals surface area contributed by atoms with Gasteiger partial charge in [-0.3, -0.25) is 9.59 Å². The standard InChI is InChI=1S/C13H15N3O3/c17-12(4-9-6-14-8-15-7-9)16-11-3-1-2-10(5-11)13(18)19/h1,3,6-8,10-11H,2,4-5H2,(H,16,17)(H,18,19)/t10-,11-/m1/s1. The van der Waals surface area contributed by atoms with Gasteiger partial charge in [0, 0.05) is 18.4 Å². The maximum absolute atomic E-state index is 11.8. The number of aliphatic carboxylic acids is 1. The molecule has 6 nitrogen and oxygen atoms in total. The van der Waals surface area contributed by atoms with E-state index in [1.54, 1.807) is 18.5 Å². The Bertz CT molecular complexity index is 487. The summed E-state index contributed by atoms with van der Waals surface area (Å²) < 4.78 is 0. The fraction of sp³-hybridized carbons (Fsp3) is 0.385. The van der Waals surface area contributed by atoms with Crippen molar-refractivity contribution in [1.82, 2.24) is 15.3 Å². The normalized spacial score (nSPS) is 21.9. The fourth-order valence-electron chi connectivity index (χ4n) is 2.06. The first-order chi connectivity index (χ1) is 9.15. The molecule has 2 atom stereocenters. The Morgan fingerprint density at radius 3 is 2.79 bits per heavy atom. The molecule has 1 aromatic heterocycles. The van der Waals surface area contributed by atoms with Crippen LogP contribution in [0.1, 0.15) is 18.4 Å². The lowest BCUT2D eigenvalue weighted by Crippen LogP contribution is -2.38. The van der Waals surface area contributed by atoms with Crippen molar-refractivity contribution >= 4 is 11.9 Å². The molecule has 0 spiro atoms. The van der Waals surface area contributed by atoms with Crippen LogP contribution in [0.5, 0.6) is 0 Å². The molecular formula is C13H15N3O3. The average molecular weight is 261 g/mol. The van der Waals surface area contributed by atoms with E-state index in [4.69, 9.17) is 5.11 Å². The van der Waals surface area contributed by atoms with Gasteiger partial charge >= 0.3 is 5.97 Å². The van der Waals surface area contributed by atoms with Crippen LogP contribution in [-0.2, 0) is 16.0 Å². The molecule has 0 saturated heterocycles. The summed E-state index contributed by atoms with van der Waals surface area (Å²) in [5.74, 6) is -1.40. The Labute approximate surface area is 110 Å². The van der Waals surface area contributed by atoms with Gasteiger partial charge < -0.3 is 10.4 Å². The van der Waals surface area contributed by atoms with Gasteiger partial charge in [0.1, 0.15) is 6.33 Å². The molecule has 1 aliphatic rings. The molecule has 0 aliphatic heterocycles. The number of carboxylic acid groups (broad SMARTS) is 1. The Morgan fingerprint density at radius 2 is 2.11 bits per heavy atom. The van der Waals surface area contributed by atoms with Gasteiger partial charge in [-0.25, -0.2) is 9.97 Å². The van der Waals surface area contributed by atoms with Crippen LogP contribution in [-0.4, -0.2) is 33.0 Å². The summed E-state index contributed by atoms with van der Waals surface area (Å²) in [6, 6.07) is -0.216. The average Bonchev–Trinajstić information content (AvgIpc) is 2.40. The topological polar surface area (TPSA) is 92.2 Å². The summed E-state index contributed by atoms with van der Waals surface area (Å²) in [4.78, 5) is 30.4. The van der Waals surface area contributed by atoms with E-state index < -0.39 is 11.9 Å². The lowest BCUT2D eigenvalue weighted by molar-refractivity contribution is -0.142. The lowest BCUT2D eigenvalue weighted by Gasteiger charge is -2.22. The molecule has 0 aromatic carbocycles. The zero-order valence-corrected chi connectivity index (χ0v) is 10.3. The van der Waals surface area contributed by atoms with Crippen molar-refractivity contribution in [3.05, 3.63) is 36.4 Å². The second-order valence-corrected chi connectivity index (χ2v) is 4.53. The summed E-state index contributed by atoms with van der Waals surface area (Å²) in [6.45, 7) is 0. The Kier molecular flexibility index (Phi) is 4.22. The van der Waals surface area contributed by atoms with Crippen molar-refractivity contribution in [3.8, 4) is 0 Å². The number of carboxylic acids is 1. The van der Waals surface area contributed by atoms with Crippen LogP contribution in [0.15, 0.2) is 30.9 Å². The van der Waals surface area contributed by atoms with Crippen LogP contribution in [0.4, 0.5) is 0 Å². The van der Waals surface area contributed by atoms with Gasteiger partial charge in [0.05, 0.1) is 12.3 Å². The number of hydrogen-bond donors (Lipinski definition) is 2. The molecule has 6 heteroatoms. The zero-order chi connectivity index (χ0) is 13.7. The van der Waals surface area contributed by atoms with Gasteiger partial charge in [0.25, 0.3) is 0 Å². The summed E-state index contributed by atoms with van der Waals surface area (Å²) in [6.07, 6.45) is 9.38. The molecule has 1 heterocycles. The fourth-order valence-corrected chi connectivity index (χ4v) is 2.06. The van der Waals surface area contributed by atoms with E-state index in [-0.39, 0.29) is 18.4 Å². The third kappa shape index (κ3) is 3.87. The zero-order valence-electron chi connectivity index (χ0n) is 10.3. The van der Waals surface area contributed by atoms with Crippen molar-refractivity contribution in [1.29, 1.82) is 0 Å². The Balaban J connectivity index is 1.87. The first-order valence-corrected chi connectivity index (χ1v) is 6.08. The number of nitrogens with one attached hydrogen (secondary N) is 1. The molecule has 19 heavy (non-hydrogen) atoms. The third-order valence-corrected chi connectivity index (χ3v) is 3.00. The molecule has 1 aliphatic carbocycles. The maximum atomic E-state index is 11.8. The minimum atomic E-state index is -0.819. The highest BCUT2D eigenvalue weighted by molar-refractivity contribution is 5.79. The van der Waals surface area contributed by atoms with Gasteiger partial charge in [-0.1, -0.05) is 12.2 Å². The van der Waals surface area contributed by atoms with E-state index in [2.05, 4.69) is 15.3 Å². The smallest absolute Gasteiger partial charge is 0.306 e. The number of rotatable bonds is 4. The molecule has 100 valence electrons. The molecular weight excluding hydrogens is 246 g/mol. The molecule has 0 fully saturated rings. The van der Waals surface area contributed by atoms with Crippen LogP contribution in [0.3, 0.4) is 0 Å². The monoisotopic (exact) mass is 261 g/mol. The second-order valence-electron chi connectivity index (χ2n) is 4.53. The SMILES string of the molecule is O=C(Cc1cncnc1)N[C@@H]1C=CC[C@@H](C(=O)O)C1. The quantitative estimate of drug-likeness (QED) is 0.772. The molecule has 0 unspecified atom stereocenters. The maximum Gasteiger partial charge on any atom is 0.306 e. The van der Waals surface area contributed by atoms with Crippen molar-refractivity contribution in [2.45, 2.75) is 25.3 Å². The van der Waals surface area contributed by atoms with Crippen LogP contribution in [0.2, 0.25) is 0 Å². The van der Waals surface area contributed by atoms with E-state index in [0.717, 1.165) is 5.56 Å². The first kappa shape index (κ1) is 13.2.